The van der Waals surface area contributed by atoms with E-state index in [1.807, 2.05) is 30.3 Å². The quantitative estimate of drug-likeness (QED) is 0.475. The maximum Gasteiger partial charge on any atom is 0.335 e. The van der Waals surface area contributed by atoms with Crippen LogP contribution >= 0.6 is 11.6 Å². The summed E-state index contributed by atoms with van der Waals surface area (Å²) in [4.78, 5) is 28.1. The van der Waals surface area contributed by atoms with Gasteiger partial charge in [-0.3, -0.25) is 4.79 Å². The first-order valence-electron chi connectivity index (χ1n) is 9.40. The van der Waals surface area contributed by atoms with Crippen molar-refractivity contribution in [3.8, 4) is 17.1 Å². The first-order valence-corrected chi connectivity index (χ1v) is 9.78. The zero-order chi connectivity index (χ0) is 21.8. The van der Waals surface area contributed by atoms with Crippen molar-refractivity contribution in [1.29, 1.82) is 0 Å². The lowest BCUT2D eigenvalue weighted by molar-refractivity contribution is 0.0696. The third kappa shape index (κ3) is 4.62. The molecule has 1 amide bonds. The number of aromatic nitrogens is 3. The number of hydrogen-bond acceptors (Lipinski definition) is 4. The molecule has 0 atom stereocenters. The number of hydrogen-bond donors (Lipinski definition) is 2. The van der Waals surface area contributed by atoms with Crippen molar-refractivity contribution in [3.05, 3.63) is 101 Å². The summed E-state index contributed by atoms with van der Waals surface area (Å²) in [7, 11) is 0. The number of carboxylic acids is 1. The van der Waals surface area contributed by atoms with E-state index in [0.29, 0.717) is 10.8 Å². The molecule has 31 heavy (non-hydrogen) atoms. The van der Waals surface area contributed by atoms with Crippen LogP contribution in [0.15, 0.2) is 78.9 Å². The van der Waals surface area contributed by atoms with Gasteiger partial charge in [0.25, 0.3) is 5.91 Å². The summed E-state index contributed by atoms with van der Waals surface area (Å²) in [6, 6.07) is 22.8. The highest BCUT2D eigenvalue weighted by Gasteiger charge is 2.18. The summed E-state index contributed by atoms with van der Waals surface area (Å²) < 4.78 is 1.60. The molecule has 1 heterocycles. The van der Waals surface area contributed by atoms with E-state index in [1.165, 1.54) is 12.1 Å². The van der Waals surface area contributed by atoms with Crippen LogP contribution in [-0.4, -0.2) is 31.7 Å². The zero-order valence-corrected chi connectivity index (χ0v) is 17.0. The van der Waals surface area contributed by atoms with E-state index in [0.717, 1.165) is 16.8 Å². The van der Waals surface area contributed by atoms with Gasteiger partial charge in [-0.15, -0.1) is 5.10 Å². The standard InChI is InChI=1S/C23H17ClN4O3/c24-18-10-12-19(13-11-18)28-21(16-4-2-1-3-5-16)26-20(27-28)22(29)25-14-15-6-8-17(9-7-15)23(30)31/h1-13H,14H2,(H,25,29)(H,30,31). The van der Waals surface area contributed by atoms with Crippen LogP contribution in [0.3, 0.4) is 0 Å². The van der Waals surface area contributed by atoms with Gasteiger partial charge >= 0.3 is 5.97 Å². The lowest BCUT2D eigenvalue weighted by Crippen LogP contribution is -2.24. The third-order valence-electron chi connectivity index (χ3n) is 4.57. The predicted octanol–water partition coefficient (Wildman–Crippen LogP) is 4.22. The Morgan fingerprint density at radius 3 is 2.26 bits per heavy atom. The van der Waals surface area contributed by atoms with Gasteiger partial charge in [0.05, 0.1) is 11.3 Å². The minimum absolute atomic E-state index is 0.0240. The second kappa shape index (κ2) is 8.81. The summed E-state index contributed by atoms with van der Waals surface area (Å²) >= 11 is 6.00. The van der Waals surface area contributed by atoms with Gasteiger partial charge in [-0.2, -0.15) is 0 Å². The number of carboxylic acid groups (broad SMARTS) is 1. The molecule has 0 radical (unpaired) electrons. The highest BCUT2D eigenvalue weighted by molar-refractivity contribution is 6.30. The molecular formula is C23H17ClN4O3. The number of carbonyl (C=O) groups excluding carboxylic acids is 1. The molecule has 0 bridgehead atoms. The van der Waals surface area contributed by atoms with Crippen molar-refractivity contribution in [2.75, 3.05) is 0 Å². The van der Waals surface area contributed by atoms with Crippen LogP contribution in [0.1, 0.15) is 26.5 Å². The van der Waals surface area contributed by atoms with Gasteiger partial charge in [0.1, 0.15) is 0 Å². The summed E-state index contributed by atoms with van der Waals surface area (Å²) in [5.74, 6) is -0.886. The van der Waals surface area contributed by atoms with Gasteiger partial charge in [0, 0.05) is 17.1 Å². The lowest BCUT2D eigenvalue weighted by Gasteiger charge is -2.05. The van der Waals surface area contributed by atoms with E-state index >= 15 is 0 Å². The Balaban J connectivity index is 1.59. The van der Waals surface area contributed by atoms with Crippen LogP contribution in [0.25, 0.3) is 17.1 Å². The van der Waals surface area contributed by atoms with Gasteiger partial charge < -0.3 is 10.4 Å². The van der Waals surface area contributed by atoms with Crippen LogP contribution in [0.2, 0.25) is 5.02 Å². The molecule has 4 aromatic rings. The monoisotopic (exact) mass is 432 g/mol. The highest BCUT2D eigenvalue weighted by Crippen LogP contribution is 2.22. The molecule has 0 aliphatic heterocycles. The number of nitrogens with zero attached hydrogens (tertiary/aromatic N) is 3. The Kier molecular flexibility index (Phi) is 5.77. The van der Waals surface area contributed by atoms with Crippen LogP contribution in [0, 0.1) is 0 Å². The molecule has 8 heteroatoms. The maximum absolute atomic E-state index is 12.7. The van der Waals surface area contributed by atoms with Crippen molar-refractivity contribution in [3.63, 3.8) is 0 Å². The van der Waals surface area contributed by atoms with Crippen molar-refractivity contribution >= 4 is 23.5 Å². The maximum atomic E-state index is 12.7. The van der Waals surface area contributed by atoms with E-state index in [2.05, 4.69) is 15.4 Å². The number of aromatic carboxylic acids is 1. The molecular weight excluding hydrogens is 416 g/mol. The molecule has 4 rings (SSSR count). The van der Waals surface area contributed by atoms with Gasteiger partial charge in [-0.25, -0.2) is 14.5 Å². The highest BCUT2D eigenvalue weighted by atomic mass is 35.5. The molecule has 0 fully saturated rings. The van der Waals surface area contributed by atoms with Crippen LogP contribution in [0.4, 0.5) is 0 Å². The second-order valence-corrected chi connectivity index (χ2v) is 7.13. The Morgan fingerprint density at radius 2 is 1.61 bits per heavy atom. The van der Waals surface area contributed by atoms with Crippen molar-refractivity contribution in [2.45, 2.75) is 6.54 Å². The van der Waals surface area contributed by atoms with Crippen molar-refractivity contribution in [1.82, 2.24) is 20.1 Å². The summed E-state index contributed by atoms with van der Waals surface area (Å²) in [6.45, 7) is 0.217. The molecule has 0 aliphatic carbocycles. The van der Waals surface area contributed by atoms with Crippen molar-refractivity contribution < 1.29 is 14.7 Å². The number of rotatable bonds is 6. The Hall–Kier alpha value is -3.97. The molecule has 2 N–H and O–H groups in total. The summed E-state index contributed by atoms with van der Waals surface area (Å²) in [6.07, 6.45) is 0. The molecule has 0 saturated carbocycles. The zero-order valence-electron chi connectivity index (χ0n) is 16.2. The van der Waals surface area contributed by atoms with Crippen LogP contribution < -0.4 is 5.32 Å². The van der Waals surface area contributed by atoms with E-state index in [9.17, 15) is 9.59 Å². The SMILES string of the molecule is O=C(O)c1ccc(CNC(=O)c2nc(-c3ccccc3)n(-c3ccc(Cl)cc3)n2)cc1. The predicted molar refractivity (Wildman–Crippen MR) is 116 cm³/mol. The smallest absolute Gasteiger partial charge is 0.335 e. The average molecular weight is 433 g/mol. The minimum atomic E-state index is -0.999. The van der Waals surface area contributed by atoms with Gasteiger partial charge in [0.2, 0.25) is 5.82 Å². The molecule has 154 valence electrons. The fourth-order valence-corrected chi connectivity index (χ4v) is 3.10. The molecule has 0 spiro atoms. The number of amides is 1. The fraction of sp³-hybridized carbons (Fsp3) is 0.0435. The van der Waals surface area contributed by atoms with Crippen LogP contribution in [0.5, 0.6) is 0 Å². The minimum Gasteiger partial charge on any atom is -0.478 e. The largest absolute Gasteiger partial charge is 0.478 e. The van der Waals surface area contributed by atoms with E-state index in [1.54, 1.807) is 41.1 Å². The molecule has 0 unspecified atom stereocenters. The number of nitrogens with one attached hydrogen (secondary N) is 1. The lowest BCUT2D eigenvalue weighted by atomic mass is 10.1. The van der Waals surface area contributed by atoms with E-state index in [-0.39, 0.29) is 17.9 Å². The topological polar surface area (TPSA) is 97.1 Å². The van der Waals surface area contributed by atoms with Crippen LogP contribution in [-0.2, 0) is 6.54 Å². The normalized spacial score (nSPS) is 10.6. The van der Waals surface area contributed by atoms with Gasteiger partial charge in [0.15, 0.2) is 5.82 Å². The Labute approximate surface area is 182 Å². The van der Waals surface area contributed by atoms with Gasteiger partial charge in [-0.05, 0) is 42.0 Å². The van der Waals surface area contributed by atoms with E-state index in [4.69, 9.17) is 16.7 Å². The fourth-order valence-electron chi connectivity index (χ4n) is 2.97. The molecule has 1 aromatic heterocycles. The molecule has 7 nitrogen and oxygen atoms in total. The summed E-state index contributed by atoms with van der Waals surface area (Å²) in [5.41, 5.74) is 2.48. The Bertz CT molecular complexity index is 1220. The Morgan fingerprint density at radius 1 is 0.935 bits per heavy atom. The number of carbonyl (C=O) groups is 2. The molecule has 3 aromatic carbocycles. The third-order valence-corrected chi connectivity index (χ3v) is 4.82. The number of benzene rings is 3. The first-order chi connectivity index (χ1) is 15.0. The van der Waals surface area contributed by atoms with E-state index < -0.39 is 11.9 Å². The molecule has 0 saturated heterocycles. The van der Waals surface area contributed by atoms with Gasteiger partial charge in [-0.1, -0.05) is 54.1 Å². The van der Waals surface area contributed by atoms with Crippen molar-refractivity contribution in [2.24, 2.45) is 0 Å². The first kappa shape index (κ1) is 20.3. The summed E-state index contributed by atoms with van der Waals surface area (Å²) in [5, 5.41) is 16.8. The number of halogens is 1. The molecule has 0 aliphatic rings. The second-order valence-electron chi connectivity index (χ2n) is 6.70. The average Bonchev–Trinajstić information content (AvgIpc) is 3.24.